The van der Waals surface area contributed by atoms with E-state index in [0.717, 1.165) is 34.3 Å². The number of carbonyl (C=O) groups excluding carboxylic acids is 2. The van der Waals surface area contributed by atoms with Crippen LogP contribution < -0.4 is 14.4 Å². The summed E-state index contributed by atoms with van der Waals surface area (Å²) in [6.45, 7) is 5.83. The smallest absolute Gasteiger partial charge is 0.416 e. The number of sulfonamides is 1. The minimum atomic E-state index is -4.64. The third-order valence-electron chi connectivity index (χ3n) is 5.95. The Morgan fingerprint density at radius 2 is 1.72 bits per heavy atom. The minimum Gasteiger partial charge on any atom is -0.497 e. The number of ether oxygens (including phenoxy) is 1. The predicted octanol–water partition coefficient (Wildman–Crippen LogP) is 4.45. The largest absolute Gasteiger partial charge is 0.497 e. The summed E-state index contributed by atoms with van der Waals surface area (Å²) in [7, 11) is -2.42. The Morgan fingerprint density at radius 1 is 1.05 bits per heavy atom. The maximum absolute atomic E-state index is 13.3. The van der Waals surface area contributed by atoms with Gasteiger partial charge in [0, 0.05) is 26.1 Å². The van der Waals surface area contributed by atoms with Crippen molar-refractivity contribution in [1.29, 1.82) is 0 Å². The zero-order valence-electron chi connectivity index (χ0n) is 22.8. The van der Waals surface area contributed by atoms with Crippen LogP contribution in [0.15, 0.2) is 48.5 Å². The van der Waals surface area contributed by atoms with E-state index in [1.54, 1.807) is 31.2 Å². The molecule has 0 aliphatic carbocycles. The van der Waals surface area contributed by atoms with E-state index in [0.29, 0.717) is 12.3 Å². The maximum Gasteiger partial charge on any atom is 0.416 e. The molecule has 0 bridgehead atoms. The molecule has 0 heterocycles. The first-order valence-corrected chi connectivity index (χ1v) is 14.3. The van der Waals surface area contributed by atoms with Crippen molar-refractivity contribution in [1.82, 2.24) is 10.2 Å². The van der Waals surface area contributed by atoms with Gasteiger partial charge in [-0.3, -0.25) is 13.9 Å². The van der Waals surface area contributed by atoms with Gasteiger partial charge >= 0.3 is 6.18 Å². The molecule has 0 saturated heterocycles. The Balaban J connectivity index is 2.23. The third kappa shape index (κ3) is 9.76. The number of halogens is 3. The second kappa shape index (κ2) is 13.7. The van der Waals surface area contributed by atoms with E-state index in [-0.39, 0.29) is 43.4 Å². The van der Waals surface area contributed by atoms with Crippen molar-refractivity contribution in [2.45, 2.75) is 52.4 Å². The van der Waals surface area contributed by atoms with Gasteiger partial charge in [-0.1, -0.05) is 32.0 Å². The summed E-state index contributed by atoms with van der Waals surface area (Å²) in [6.07, 6.45) is -3.85. The van der Waals surface area contributed by atoms with Crippen LogP contribution in [0, 0.1) is 5.92 Å². The number of hydrogen-bond donors (Lipinski definition) is 1. The SMILES string of the molecule is COc1cccc(CN(C(=O)CCCN(c2cccc(C(F)(F)F)c2)S(C)(=O)=O)[C@@H](C)C(=O)NCC(C)C)c1. The highest BCUT2D eigenvalue weighted by Gasteiger charge is 2.32. The fourth-order valence-corrected chi connectivity index (χ4v) is 4.80. The summed E-state index contributed by atoms with van der Waals surface area (Å²) in [5.41, 5.74) is -0.391. The number of alkyl halides is 3. The van der Waals surface area contributed by atoms with Gasteiger partial charge in [0.2, 0.25) is 21.8 Å². The van der Waals surface area contributed by atoms with Gasteiger partial charge in [-0.15, -0.1) is 0 Å². The van der Waals surface area contributed by atoms with Crippen LogP contribution in [-0.4, -0.2) is 57.6 Å². The quantitative estimate of drug-likeness (QED) is 0.383. The van der Waals surface area contributed by atoms with E-state index in [9.17, 15) is 31.2 Å². The molecule has 0 unspecified atom stereocenters. The molecule has 12 heteroatoms. The van der Waals surface area contributed by atoms with E-state index >= 15 is 0 Å². The van der Waals surface area contributed by atoms with Crippen LogP contribution in [0.3, 0.4) is 0 Å². The normalized spacial score (nSPS) is 12.6. The summed E-state index contributed by atoms with van der Waals surface area (Å²) in [5.74, 6) is 0.0624. The first-order chi connectivity index (χ1) is 18.1. The summed E-state index contributed by atoms with van der Waals surface area (Å²) in [6, 6.07) is 10.3. The fourth-order valence-electron chi connectivity index (χ4n) is 3.84. The Morgan fingerprint density at radius 3 is 2.31 bits per heavy atom. The molecule has 2 rings (SSSR count). The average molecular weight is 572 g/mol. The molecule has 2 amide bonds. The summed E-state index contributed by atoms with van der Waals surface area (Å²) in [5, 5.41) is 2.82. The number of benzene rings is 2. The standard InChI is InChI=1S/C27H36F3N3O5S/c1-19(2)17-31-26(35)20(3)32(18-21-9-6-12-24(15-21)38-4)25(34)13-8-14-33(39(5,36)37)23-11-7-10-22(16-23)27(28,29)30/h6-7,9-12,15-16,19-20H,8,13-14,17-18H2,1-5H3,(H,31,35)/t20-/m0/s1. The fraction of sp³-hybridized carbons (Fsp3) is 0.481. The third-order valence-corrected chi connectivity index (χ3v) is 7.15. The lowest BCUT2D eigenvalue weighted by molar-refractivity contribution is -0.140. The lowest BCUT2D eigenvalue weighted by atomic mass is 10.1. The van der Waals surface area contributed by atoms with Gasteiger partial charge in [-0.05, 0) is 55.2 Å². The van der Waals surface area contributed by atoms with Crippen LogP contribution in [-0.2, 0) is 32.3 Å². The highest BCUT2D eigenvalue weighted by atomic mass is 32.2. The molecule has 2 aromatic carbocycles. The molecule has 1 atom stereocenters. The number of nitrogens with one attached hydrogen (secondary N) is 1. The Hall–Kier alpha value is -3.28. The number of anilines is 1. The van der Waals surface area contributed by atoms with Gasteiger partial charge in [-0.25, -0.2) is 8.42 Å². The summed E-state index contributed by atoms with van der Waals surface area (Å²) < 4.78 is 70.5. The maximum atomic E-state index is 13.3. The molecule has 1 N–H and O–H groups in total. The van der Waals surface area contributed by atoms with Crippen LogP contribution in [0.2, 0.25) is 0 Å². The Bertz CT molecular complexity index is 1240. The Kier molecular flexibility index (Phi) is 11.2. The van der Waals surface area contributed by atoms with Gasteiger partial charge in [-0.2, -0.15) is 13.2 Å². The highest BCUT2D eigenvalue weighted by molar-refractivity contribution is 7.92. The number of amides is 2. The van der Waals surface area contributed by atoms with Crippen molar-refractivity contribution >= 4 is 27.5 Å². The molecule has 0 saturated carbocycles. The zero-order valence-corrected chi connectivity index (χ0v) is 23.6. The summed E-state index contributed by atoms with van der Waals surface area (Å²) >= 11 is 0. The molecular formula is C27H36F3N3O5S. The lowest BCUT2D eigenvalue weighted by Crippen LogP contribution is -2.48. The molecular weight excluding hydrogens is 535 g/mol. The van der Waals surface area contributed by atoms with E-state index in [1.165, 1.54) is 18.1 Å². The van der Waals surface area contributed by atoms with Crippen LogP contribution in [0.5, 0.6) is 5.75 Å². The van der Waals surface area contributed by atoms with E-state index in [4.69, 9.17) is 4.74 Å². The first-order valence-electron chi connectivity index (χ1n) is 12.5. The Labute approximate surface area is 228 Å². The van der Waals surface area contributed by atoms with E-state index in [2.05, 4.69) is 5.32 Å². The molecule has 0 aliphatic heterocycles. The van der Waals surface area contributed by atoms with Gasteiger partial charge in [0.05, 0.1) is 24.6 Å². The van der Waals surface area contributed by atoms with Crippen LogP contribution >= 0.6 is 0 Å². The van der Waals surface area contributed by atoms with Crippen molar-refractivity contribution in [3.8, 4) is 5.75 Å². The topological polar surface area (TPSA) is 96.0 Å². The van der Waals surface area contributed by atoms with Crippen molar-refractivity contribution < 1.29 is 35.9 Å². The molecule has 0 fully saturated rings. The number of rotatable bonds is 13. The number of nitrogens with zero attached hydrogens (tertiary/aromatic N) is 2. The second-order valence-corrected chi connectivity index (χ2v) is 11.6. The monoisotopic (exact) mass is 571 g/mol. The minimum absolute atomic E-state index is 0.0249. The van der Waals surface area contributed by atoms with Crippen molar-refractivity contribution in [3.05, 3.63) is 59.7 Å². The van der Waals surface area contributed by atoms with Gasteiger partial charge < -0.3 is 15.0 Å². The molecule has 0 radical (unpaired) electrons. The lowest BCUT2D eigenvalue weighted by Gasteiger charge is -2.30. The second-order valence-electron chi connectivity index (χ2n) is 9.67. The van der Waals surface area contributed by atoms with Gasteiger partial charge in [0.25, 0.3) is 0 Å². The summed E-state index contributed by atoms with van der Waals surface area (Å²) in [4.78, 5) is 27.5. The van der Waals surface area contributed by atoms with Crippen molar-refractivity contribution in [3.63, 3.8) is 0 Å². The average Bonchev–Trinajstić information content (AvgIpc) is 2.86. The molecule has 0 aliphatic rings. The van der Waals surface area contributed by atoms with Crippen LogP contribution in [0.1, 0.15) is 44.7 Å². The molecule has 0 aromatic heterocycles. The number of methoxy groups -OCH3 is 1. The van der Waals surface area contributed by atoms with Crippen molar-refractivity contribution in [2.24, 2.45) is 5.92 Å². The van der Waals surface area contributed by atoms with E-state index in [1.807, 2.05) is 13.8 Å². The number of hydrogen-bond acceptors (Lipinski definition) is 5. The molecule has 8 nitrogen and oxygen atoms in total. The van der Waals surface area contributed by atoms with Crippen LogP contribution in [0.4, 0.5) is 18.9 Å². The molecule has 2 aromatic rings. The predicted molar refractivity (Wildman–Crippen MR) is 144 cm³/mol. The molecule has 0 spiro atoms. The molecule has 216 valence electrons. The first kappa shape index (κ1) is 31.9. The molecule has 39 heavy (non-hydrogen) atoms. The highest BCUT2D eigenvalue weighted by Crippen LogP contribution is 2.32. The van der Waals surface area contributed by atoms with Gasteiger partial charge in [0.1, 0.15) is 11.8 Å². The zero-order chi connectivity index (χ0) is 29.4. The van der Waals surface area contributed by atoms with Crippen molar-refractivity contribution in [2.75, 3.05) is 30.8 Å². The number of carbonyl (C=O) groups is 2. The van der Waals surface area contributed by atoms with E-state index < -0.39 is 33.7 Å². The van der Waals surface area contributed by atoms with Crippen LogP contribution in [0.25, 0.3) is 0 Å². The van der Waals surface area contributed by atoms with Gasteiger partial charge in [0.15, 0.2) is 0 Å².